The van der Waals surface area contributed by atoms with Crippen LogP contribution in [-0.2, 0) is 6.61 Å². The normalized spacial score (nSPS) is 11.1. The van der Waals surface area contributed by atoms with E-state index in [1.807, 2.05) is 0 Å². The lowest BCUT2D eigenvalue weighted by molar-refractivity contribution is -0.386. The fourth-order valence-corrected chi connectivity index (χ4v) is 1.64. The van der Waals surface area contributed by atoms with Crippen LogP contribution in [0.5, 0.6) is 5.75 Å². The summed E-state index contributed by atoms with van der Waals surface area (Å²) >= 11 is 0. The van der Waals surface area contributed by atoms with Crippen molar-refractivity contribution in [2.75, 3.05) is 0 Å². The molecule has 1 heterocycles. The summed E-state index contributed by atoms with van der Waals surface area (Å²) in [5, 5.41) is 22.5. The second-order valence-electron chi connectivity index (χ2n) is 4.07. The number of nitrogens with two attached hydrogens (primary N) is 1. The van der Waals surface area contributed by atoms with Gasteiger partial charge in [-0.25, -0.2) is 0 Å². The summed E-state index contributed by atoms with van der Waals surface area (Å²) in [5.41, 5.74) is 6.22. The molecule has 108 valence electrons. The van der Waals surface area contributed by atoms with E-state index in [2.05, 4.69) is 10.1 Å². The van der Waals surface area contributed by atoms with Crippen LogP contribution in [0.1, 0.15) is 11.1 Å². The maximum Gasteiger partial charge on any atom is 0.311 e. The van der Waals surface area contributed by atoms with Gasteiger partial charge in [-0.1, -0.05) is 5.16 Å². The number of nitro groups is 1. The van der Waals surface area contributed by atoms with Crippen LogP contribution in [0.3, 0.4) is 0 Å². The third-order valence-corrected chi connectivity index (χ3v) is 2.70. The largest absolute Gasteiger partial charge is 0.482 e. The standard InChI is InChI=1S/C13H12N4O4/c14-13(16-18)10-1-2-12(11(7-10)17(19)20)21-8-9-3-5-15-6-4-9/h1-7,18H,8H2,(H2,14,16). The molecule has 0 fully saturated rings. The molecule has 21 heavy (non-hydrogen) atoms. The third kappa shape index (κ3) is 3.44. The molecule has 0 spiro atoms. The van der Waals surface area contributed by atoms with Crippen molar-refractivity contribution in [1.82, 2.24) is 4.98 Å². The number of nitro benzene ring substituents is 1. The predicted octanol–water partition coefficient (Wildman–Crippen LogP) is 1.66. The van der Waals surface area contributed by atoms with Gasteiger partial charge in [-0.2, -0.15) is 0 Å². The summed E-state index contributed by atoms with van der Waals surface area (Å²) < 4.78 is 5.44. The molecule has 0 saturated heterocycles. The maximum absolute atomic E-state index is 11.1. The Morgan fingerprint density at radius 3 is 2.71 bits per heavy atom. The molecular weight excluding hydrogens is 276 g/mol. The van der Waals surface area contributed by atoms with Crippen molar-refractivity contribution in [2.45, 2.75) is 6.61 Å². The number of rotatable bonds is 5. The van der Waals surface area contributed by atoms with Gasteiger partial charge in [0.05, 0.1) is 4.92 Å². The quantitative estimate of drug-likeness (QED) is 0.283. The van der Waals surface area contributed by atoms with E-state index in [0.717, 1.165) is 5.56 Å². The van der Waals surface area contributed by atoms with Crippen molar-refractivity contribution >= 4 is 11.5 Å². The maximum atomic E-state index is 11.1. The van der Waals surface area contributed by atoms with Gasteiger partial charge in [0.1, 0.15) is 6.61 Å². The number of benzene rings is 1. The van der Waals surface area contributed by atoms with E-state index >= 15 is 0 Å². The van der Waals surface area contributed by atoms with Crippen LogP contribution >= 0.6 is 0 Å². The van der Waals surface area contributed by atoms with Gasteiger partial charge in [-0.3, -0.25) is 15.1 Å². The van der Waals surface area contributed by atoms with E-state index in [1.54, 1.807) is 24.5 Å². The molecule has 0 amide bonds. The lowest BCUT2D eigenvalue weighted by Gasteiger charge is -2.08. The minimum atomic E-state index is -0.587. The van der Waals surface area contributed by atoms with E-state index in [1.165, 1.54) is 18.2 Å². The number of ether oxygens (including phenoxy) is 1. The van der Waals surface area contributed by atoms with E-state index < -0.39 is 4.92 Å². The smallest absolute Gasteiger partial charge is 0.311 e. The number of hydrogen-bond acceptors (Lipinski definition) is 6. The third-order valence-electron chi connectivity index (χ3n) is 2.70. The van der Waals surface area contributed by atoms with Crippen LogP contribution in [0, 0.1) is 10.1 Å². The number of nitrogens with zero attached hydrogens (tertiary/aromatic N) is 3. The Morgan fingerprint density at radius 1 is 1.38 bits per heavy atom. The number of pyridine rings is 1. The zero-order chi connectivity index (χ0) is 15.2. The van der Waals surface area contributed by atoms with E-state index in [4.69, 9.17) is 15.7 Å². The molecule has 0 saturated carbocycles. The van der Waals surface area contributed by atoms with Gasteiger partial charge in [0.15, 0.2) is 11.6 Å². The first-order valence-electron chi connectivity index (χ1n) is 5.90. The highest BCUT2D eigenvalue weighted by Crippen LogP contribution is 2.28. The highest BCUT2D eigenvalue weighted by molar-refractivity contribution is 5.97. The SMILES string of the molecule is NC(=NO)c1ccc(OCc2ccncc2)c([N+](=O)[O-])c1. The van der Waals surface area contributed by atoms with Crippen molar-refractivity contribution in [1.29, 1.82) is 0 Å². The fourth-order valence-electron chi connectivity index (χ4n) is 1.64. The molecular formula is C13H12N4O4. The zero-order valence-electron chi connectivity index (χ0n) is 10.8. The molecule has 3 N–H and O–H groups in total. The molecule has 2 rings (SSSR count). The average molecular weight is 288 g/mol. The topological polar surface area (TPSA) is 124 Å². The molecule has 0 atom stereocenters. The number of oxime groups is 1. The van der Waals surface area contributed by atoms with E-state index in [-0.39, 0.29) is 29.4 Å². The monoisotopic (exact) mass is 288 g/mol. The van der Waals surface area contributed by atoms with Crippen molar-refractivity contribution in [3.8, 4) is 5.75 Å². The Labute approximate surface area is 119 Å². The van der Waals surface area contributed by atoms with E-state index in [0.29, 0.717) is 0 Å². The molecule has 0 aliphatic heterocycles. The van der Waals surface area contributed by atoms with Crippen molar-refractivity contribution < 1.29 is 14.9 Å². The molecule has 0 bridgehead atoms. The highest BCUT2D eigenvalue weighted by Gasteiger charge is 2.17. The van der Waals surface area contributed by atoms with Gasteiger partial charge in [0.25, 0.3) is 0 Å². The predicted molar refractivity (Wildman–Crippen MR) is 74.2 cm³/mol. The lowest BCUT2D eigenvalue weighted by atomic mass is 10.1. The molecule has 0 aliphatic rings. The Bertz CT molecular complexity index is 673. The molecule has 0 aliphatic carbocycles. The van der Waals surface area contributed by atoms with Crippen LogP contribution in [0.4, 0.5) is 5.69 Å². The Hall–Kier alpha value is -3.16. The lowest BCUT2D eigenvalue weighted by Crippen LogP contribution is -2.13. The molecule has 8 nitrogen and oxygen atoms in total. The summed E-state index contributed by atoms with van der Waals surface area (Å²) in [6.45, 7) is 0.173. The van der Waals surface area contributed by atoms with Gasteiger partial charge < -0.3 is 15.7 Å². The highest BCUT2D eigenvalue weighted by atomic mass is 16.6. The second kappa shape index (κ2) is 6.33. The molecule has 8 heteroatoms. The van der Waals surface area contributed by atoms with Crippen LogP contribution in [0.25, 0.3) is 0 Å². The Morgan fingerprint density at radius 2 is 2.10 bits per heavy atom. The minimum absolute atomic E-state index is 0.103. The fraction of sp³-hybridized carbons (Fsp3) is 0.0769. The van der Waals surface area contributed by atoms with Crippen molar-refractivity contribution in [3.05, 3.63) is 64.0 Å². The van der Waals surface area contributed by atoms with Gasteiger partial charge in [0, 0.05) is 24.0 Å². The summed E-state index contributed by atoms with van der Waals surface area (Å²) in [7, 11) is 0. The first-order valence-corrected chi connectivity index (χ1v) is 5.90. The van der Waals surface area contributed by atoms with Crippen LogP contribution in [-0.4, -0.2) is 21.0 Å². The van der Waals surface area contributed by atoms with Gasteiger partial charge in [0.2, 0.25) is 0 Å². The van der Waals surface area contributed by atoms with Crippen LogP contribution in [0.2, 0.25) is 0 Å². The molecule has 1 aromatic heterocycles. The summed E-state index contributed by atoms with van der Waals surface area (Å²) in [6.07, 6.45) is 3.21. The summed E-state index contributed by atoms with van der Waals surface area (Å²) in [6, 6.07) is 7.57. The van der Waals surface area contributed by atoms with Crippen molar-refractivity contribution in [3.63, 3.8) is 0 Å². The second-order valence-corrected chi connectivity index (χ2v) is 4.07. The Kier molecular flexibility index (Phi) is 4.30. The first kappa shape index (κ1) is 14.3. The molecule has 0 unspecified atom stereocenters. The number of amidine groups is 1. The average Bonchev–Trinajstić information content (AvgIpc) is 2.52. The molecule has 2 aromatic rings. The molecule has 0 radical (unpaired) electrons. The van der Waals surface area contributed by atoms with Crippen LogP contribution in [0.15, 0.2) is 47.9 Å². The number of aromatic nitrogens is 1. The van der Waals surface area contributed by atoms with Gasteiger partial charge in [-0.05, 0) is 29.8 Å². The van der Waals surface area contributed by atoms with E-state index in [9.17, 15) is 10.1 Å². The zero-order valence-corrected chi connectivity index (χ0v) is 10.8. The summed E-state index contributed by atoms with van der Waals surface area (Å²) in [4.78, 5) is 14.4. The van der Waals surface area contributed by atoms with Crippen LogP contribution < -0.4 is 10.5 Å². The van der Waals surface area contributed by atoms with Gasteiger partial charge >= 0.3 is 5.69 Å². The minimum Gasteiger partial charge on any atom is -0.482 e. The summed E-state index contributed by atoms with van der Waals surface area (Å²) in [5.74, 6) is -0.106. The molecule has 1 aromatic carbocycles. The number of hydrogen-bond donors (Lipinski definition) is 2. The van der Waals surface area contributed by atoms with Gasteiger partial charge in [-0.15, -0.1) is 0 Å². The Balaban J connectivity index is 2.25. The first-order chi connectivity index (χ1) is 10.1. The van der Waals surface area contributed by atoms with Crippen molar-refractivity contribution in [2.24, 2.45) is 10.9 Å².